The van der Waals surface area contributed by atoms with Crippen molar-refractivity contribution in [3.8, 4) is 11.5 Å². The van der Waals surface area contributed by atoms with Gasteiger partial charge in [-0.05, 0) is 29.8 Å². The van der Waals surface area contributed by atoms with Crippen LogP contribution in [0.4, 0.5) is 11.5 Å². The molecule has 2 aromatic carbocycles. The molecule has 0 aliphatic heterocycles. The van der Waals surface area contributed by atoms with Crippen LogP contribution >= 0.6 is 0 Å². The first kappa shape index (κ1) is 19.3. The zero-order valence-electron chi connectivity index (χ0n) is 16.5. The smallest absolute Gasteiger partial charge is 0.260 e. The Morgan fingerprint density at radius 2 is 1.82 bits per heavy atom. The van der Waals surface area contributed by atoms with E-state index in [4.69, 9.17) is 9.47 Å². The number of hydrogen-bond acceptors (Lipinski definition) is 5. The van der Waals surface area contributed by atoms with E-state index in [1.54, 1.807) is 35.1 Å². The van der Waals surface area contributed by atoms with E-state index in [2.05, 4.69) is 22.5 Å². The van der Waals surface area contributed by atoms with Crippen LogP contribution in [0.5, 0.6) is 11.5 Å². The van der Waals surface area contributed by atoms with Gasteiger partial charge >= 0.3 is 0 Å². The molecule has 0 aliphatic carbocycles. The number of rotatable bonds is 7. The number of benzene rings is 2. The Morgan fingerprint density at radius 1 is 1.07 bits per heavy atom. The van der Waals surface area contributed by atoms with Gasteiger partial charge in [-0.1, -0.05) is 18.2 Å². The van der Waals surface area contributed by atoms with Crippen molar-refractivity contribution in [1.82, 2.24) is 9.78 Å². The average Bonchev–Trinajstić information content (AvgIpc) is 3.14. The molecule has 3 aromatic rings. The van der Waals surface area contributed by atoms with Crippen LogP contribution < -0.4 is 19.7 Å². The summed E-state index contributed by atoms with van der Waals surface area (Å²) >= 11 is 0. The molecule has 0 atom stereocenters. The molecule has 0 unspecified atom stereocenters. The topological polar surface area (TPSA) is 68.6 Å². The first-order valence-corrected chi connectivity index (χ1v) is 8.84. The summed E-state index contributed by atoms with van der Waals surface area (Å²) in [5.41, 5.74) is 2.61. The first-order chi connectivity index (χ1) is 13.5. The van der Waals surface area contributed by atoms with E-state index in [1.165, 1.54) is 14.2 Å². The molecule has 0 spiro atoms. The highest BCUT2D eigenvalue weighted by molar-refractivity contribution is 6.06. The molecule has 0 saturated heterocycles. The molecule has 0 saturated carbocycles. The van der Waals surface area contributed by atoms with E-state index < -0.39 is 0 Å². The SMILES string of the molecule is COc1cccc(C(=O)Nc2ccnn2Cc2ccc(N(C)C)cc2)c1OC. The van der Waals surface area contributed by atoms with Crippen molar-refractivity contribution in [3.05, 3.63) is 65.9 Å². The van der Waals surface area contributed by atoms with Gasteiger partial charge in [0.05, 0.1) is 32.5 Å². The van der Waals surface area contributed by atoms with Crippen molar-refractivity contribution in [2.45, 2.75) is 6.54 Å². The second-order valence-corrected chi connectivity index (χ2v) is 6.43. The Morgan fingerprint density at radius 3 is 2.46 bits per heavy atom. The highest BCUT2D eigenvalue weighted by atomic mass is 16.5. The lowest BCUT2D eigenvalue weighted by Crippen LogP contribution is -2.17. The molecule has 0 bridgehead atoms. The van der Waals surface area contributed by atoms with Gasteiger partial charge < -0.3 is 19.7 Å². The van der Waals surface area contributed by atoms with Gasteiger partial charge in [0, 0.05) is 25.8 Å². The molecule has 1 aromatic heterocycles. The lowest BCUT2D eigenvalue weighted by atomic mass is 10.1. The van der Waals surface area contributed by atoms with Gasteiger partial charge in [-0.25, -0.2) is 4.68 Å². The number of nitrogens with one attached hydrogen (secondary N) is 1. The van der Waals surface area contributed by atoms with Crippen LogP contribution in [0.25, 0.3) is 0 Å². The zero-order valence-corrected chi connectivity index (χ0v) is 16.5. The van der Waals surface area contributed by atoms with E-state index in [-0.39, 0.29) is 5.91 Å². The minimum absolute atomic E-state index is 0.291. The number of carbonyl (C=O) groups is 1. The third kappa shape index (κ3) is 4.09. The summed E-state index contributed by atoms with van der Waals surface area (Å²) in [6.45, 7) is 0.547. The number of carbonyl (C=O) groups excluding carboxylic acids is 1. The van der Waals surface area contributed by atoms with E-state index >= 15 is 0 Å². The molecular formula is C21H24N4O3. The summed E-state index contributed by atoms with van der Waals surface area (Å²) in [5.74, 6) is 1.21. The predicted molar refractivity (Wildman–Crippen MR) is 110 cm³/mol. The van der Waals surface area contributed by atoms with Gasteiger partial charge in [0.15, 0.2) is 11.5 Å². The van der Waals surface area contributed by atoms with Crippen LogP contribution in [0.2, 0.25) is 0 Å². The van der Waals surface area contributed by atoms with Crippen molar-refractivity contribution in [3.63, 3.8) is 0 Å². The number of ether oxygens (including phenoxy) is 2. The standard InChI is InChI=1S/C21H24N4O3/c1-24(2)16-10-8-15(9-11-16)14-25-19(12-13-22-25)23-21(26)17-6-5-7-18(27-3)20(17)28-4/h5-13H,14H2,1-4H3,(H,23,26). The van der Waals surface area contributed by atoms with Crippen LogP contribution in [0.3, 0.4) is 0 Å². The summed E-state index contributed by atoms with van der Waals surface area (Å²) in [5, 5.41) is 7.23. The quantitative estimate of drug-likeness (QED) is 0.681. The molecule has 1 heterocycles. The number of nitrogens with zero attached hydrogens (tertiary/aromatic N) is 3. The fraction of sp³-hybridized carbons (Fsp3) is 0.238. The Bertz CT molecular complexity index is 949. The van der Waals surface area contributed by atoms with Crippen LogP contribution in [-0.4, -0.2) is 44.0 Å². The van der Waals surface area contributed by atoms with E-state index in [9.17, 15) is 4.79 Å². The lowest BCUT2D eigenvalue weighted by Gasteiger charge is -2.14. The summed E-state index contributed by atoms with van der Waals surface area (Å²) in [6.07, 6.45) is 1.66. The summed E-state index contributed by atoms with van der Waals surface area (Å²) in [4.78, 5) is 14.8. The maximum absolute atomic E-state index is 12.8. The number of anilines is 2. The fourth-order valence-corrected chi connectivity index (χ4v) is 2.89. The normalized spacial score (nSPS) is 10.4. The predicted octanol–water partition coefficient (Wildman–Crippen LogP) is 3.27. The van der Waals surface area contributed by atoms with Gasteiger partial charge in [-0.15, -0.1) is 0 Å². The van der Waals surface area contributed by atoms with Crippen molar-refractivity contribution < 1.29 is 14.3 Å². The molecule has 0 aliphatic rings. The Kier molecular flexibility index (Phi) is 5.84. The third-order valence-corrected chi connectivity index (χ3v) is 4.39. The van der Waals surface area contributed by atoms with E-state index in [1.807, 2.05) is 31.1 Å². The summed E-state index contributed by atoms with van der Waals surface area (Å²) in [6, 6.07) is 15.2. The minimum atomic E-state index is -0.291. The van der Waals surface area contributed by atoms with Crippen molar-refractivity contribution in [2.75, 3.05) is 38.5 Å². The second-order valence-electron chi connectivity index (χ2n) is 6.43. The van der Waals surface area contributed by atoms with E-state index in [0.717, 1.165) is 11.3 Å². The van der Waals surface area contributed by atoms with Crippen LogP contribution in [0.15, 0.2) is 54.7 Å². The molecule has 1 N–H and O–H groups in total. The Balaban J connectivity index is 1.78. The Labute approximate surface area is 164 Å². The molecular weight excluding hydrogens is 356 g/mol. The summed E-state index contributed by atoms with van der Waals surface area (Å²) in [7, 11) is 7.05. The lowest BCUT2D eigenvalue weighted by molar-refractivity contribution is 0.102. The number of aromatic nitrogens is 2. The van der Waals surface area contributed by atoms with E-state index in [0.29, 0.717) is 29.4 Å². The van der Waals surface area contributed by atoms with Crippen LogP contribution in [-0.2, 0) is 6.54 Å². The molecule has 0 radical (unpaired) electrons. The maximum atomic E-state index is 12.8. The molecule has 1 amide bonds. The number of para-hydroxylation sites is 1. The molecule has 0 fully saturated rings. The van der Waals surface area contributed by atoms with Crippen LogP contribution in [0.1, 0.15) is 15.9 Å². The van der Waals surface area contributed by atoms with Crippen LogP contribution in [0, 0.1) is 0 Å². The largest absolute Gasteiger partial charge is 0.493 e. The second kappa shape index (κ2) is 8.47. The number of hydrogen-bond donors (Lipinski definition) is 1. The minimum Gasteiger partial charge on any atom is -0.493 e. The molecule has 28 heavy (non-hydrogen) atoms. The third-order valence-electron chi connectivity index (χ3n) is 4.39. The van der Waals surface area contributed by atoms with Gasteiger partial charge in [-0.3, -0.25) is 4.79 Å². The molecule has 7 nitrogen and oxygen atoms in total. The van der Waals surface area contributed by atoms with Gasteiger partial charge in [0.2, 0.25) is 0 Å². The molecule has 146 valence electrons. The average molecular weight is 380 g/mol. The molecule has 7 heteroatoms. The van der Waals surface area contributed by atoms with Gasteiger partial charge in [0.1, 0.15) is 5.82 Å². The monoisotopic (exact) mass is 380 g/mol. The summed E-state index contributed by atoms with van der Waals surface area (Å²) < 4.78 is 12.4. The van der Waals surface area contributed by atoms with Crippen molar-refractivity contribution in [1.29, 1.82) is 0 Å². The molecule has 3 rings (SSSR count). The Hall–Kier alpha value is -3.48. The number of amides is 1. The fourth-order valence-electron chi connectivity index (χ4n) is 2.89. The zero-order chi connectivity index (χ0) is 20.1. The van der Waals surface area contributed by atoms with Crippen molar-refractivity contribution >= 4 is 17.4 Å². The van der Waals surface area contributed by atoms with Gasteiger partial charge in [0.25, 0.3) is 5.91 Å². The van der Waals surface area contributed by atoms with Crippen molar-refractivity contribution in [2.24, 2.45) is 0 Å². The number of methoxy groups -OCH3 is 2. The maximum Gasteiger partial charge on any atom is 0.260 e. The highest BCUT2D eigenvalue weighted by Gasteiger charge is 2.17. The van der Waals surface area contributed by atoms with Gasteiger partial charge in [-0.2, -0.15) is 5.10 Å². The highest BCUT2D eigenvalue weighted by Crippen LogP contribution is 2.31. The first-order valence-electron chi connectivity index (χ1n) is 8.84.